The minimum Gasteiger partial charge on any atom is -0.497 e. The normalized spacial score (nSPS) is 10.5. The van der Waals surface area contributed by atoms with E-state index in [1.165, 1.54) is 0 Å². The van der Waals surface area contributed by atoms with Crippen molar-refractivity contribution < 1.29 is 14.3 Å². The van der Waals surface area contributed by atoms with Gasteiger partial charge < -0.3 is 15.4 Å². The zero-order chi connectivity index (χ0) is 16.1. The maximum Gasteiger partial charge on any atom is 0.243 e. The number of benzene rings is 1. The van der Waals surface area contributed by atoms with Gasteiger partial charge in [0.1, 0.15) is 5.75 Å². The monoisotopic (exact) mass is 301 g/mol. The van der Waals surface area contributed by atoms with Gasteiger partial charge in [0.15, 0.2) is 0 Å². The summed E-state index contributed by atoms with van der Waals surface area (Å²) in [5.74, 6) is 0.140. The Morgan fingerprint density at radius 2 is 2.05 bits per heavy atom. The van der Waals surface area contributed by atoms with Crippen LogP contribution in [0, 0.1) is 5.92 Å². The Morgan fingerprint density at radius 3 is 2.73 bits per heavy atom. The number of hydrogen-bond donors (Lipinski definition) is 2. The van der Waals surface area contributed by atoms with Crippen LogP contribution in [0.15, 0.2) is 30.5 Å². The molecule has 22 heavy (non-hydrogen) atoms. The van der Waals surface area contributed by atoms with Crippen LogP contribution in [0.5, 0.6) is 5.75 Å². The lowest BCUT2D eigenvalue weighted by Crippen LogP contribution is -2.35. The van der Waals surface area contributed by atoms with Crippen LogP contribution in [0.25, 0.3) is 10.9 Å². The lowest BCUT2D eigenvalue weighted by molar-refractivity contribution is -0.126. The van der Waals surface area contributed by atoms with E-state index in [2.05, 4.69) is 15.6 Å². The van der Waals surface area contributed by atoms with E-state index < -0.39 is 0 Å². The maximum absolute atomic E-state index is 11.8. The predicted octanol–water partition coefficient (Wildman–Crippen LogP) is 1.95. The fourth-order valence-electron chi connectivity index (χ4n) is 1.87. The Labute approximate surface area is 128 Å². The van der Waals surface area contributed by atoms with E-state index in [9.17, 15) is 9.59 Å². The highest BCUT2D eigenvalue weighted by Gasteiger charge is 2.09. The van der Waals surface area contributed by atoms with Gasteiger partial charge in [-0.1, -0.05) is 13.8 Å². The summed E-state index contributed by atoms with van der Waals surface area (Å²) in [7, 11) is 1.60. The average molecular weight is 301 g/mol. The standard InChI is InChI=1S/C16H19N3O3/c1-10(2)16(21)18-9-15(20)19-12-6-11-4-5-13(22-3)7-14(11)17-8-12/h4-8,10H,9H2,1-3H3,(H,18,21)(H,19,20). The molecule has 2 amide bonds. The van der Waals surface area contributed by atoms with Gasteiger partial charge in [0.25, 0.3) is 0 Å². The molecule has 0 bridgehead atoms. The van der Waals surface area contributed by atoms with Crippen molar-refractivity contribution in [3.8, 4) is 5.75 Å². The van der Waals surface area contributed by atoms with E-state index in [-0.39, 0.29) is 24.3 Å². The van der Waals surface area contributed by atoms with Crippen LogP contribution in [-0.4, -0.2) is 30.5 Å². The number of hydrogen-bond acceptors (Lipinski definition) is 4. The Balaban J connectivity index is 2.02. The smallest absolute Gasteiger partial charge is 0.243 e. The molecule has 2 aromatic rings. The first-order chi connectivity index (χ1) is 10.5. The van der Waals surface area contributed by atoms with Crippen LogP contribution in [0.4, 0.5) is 5.69 Å². The molecule has 6 nitrogen and oxygen atoms in total. The van der Waals surface area contributed by atoms with Gasteiger partial charge in [0.2, 0.25) is 11.8 Å². The molecule has 2 rings (SSSR count). The van der Waals surface area contributed by atoms with Crippen molar-refractivity contribution in [1.82, 2.24) is 10.3 Å². The maximum atomic E-state index is 11.8. The zero-order valence-electron chi connectivity index (χ0n) is 12.8. The minimum absolute atomic E-state index is 0.0579. The van der Waals surface area contributed by atoms with E-state index in [0.29, 0.717) is 5.69 Å². The number of carbonyl (C=O) groups is 2. The fourth-order valence-corrected chi connectivity index (χ4v) is 1.87. The van der Waals surface area contributed by atoms with Crippen LogP contribution >= 0.6 is 0 Å². The third-order valence-corrected chi connectivity index (χ3v) is 3.12. The number of methoxy groups -OCH3 is 1. The number of anilines is 1. The van der Waals surface area contributed by atoms with Crippen LogP contribution in [-0.2, 0) is 9.59 Å². The topological polar surface area (TPSA) is 80.3 Å². The summed E-state index contributed by atoms with van der Waals surface area (Å²) in [6.07, 6.45) is 1.57. The van der Waals surface area contributed by atoms with E-state index in [1.54, 1.807) is 27.2 Å². The molecule has 6 heteroatoms. The molecule has 0 saturated heterocycles. The van der Waals surface area contributed by atoms with Crippen molar-refractivity contribution >= 4 is 28.4 Å². The van der Waals surface area contributed by atoms with Crippen molar-refractivity contribution in [2.45, 2.75) is 13.8 Å². The largest absolute Gasteiger partial charge is 0.497 e. The number of aromatic nitrogens is 1. The molecule has 0 unspecified atom stereocenters. The Hall–Kier alpha value is -2.63. The van der Waals surface area contributed by atoms with Gasteiger partial charge in [-0.05, 0) is 18.2 Å². The SMILES string of the molecule is COc1ccc2cc(NC(=O)CNC(=O)C(C)C)cnc2c1. The summed E-state index contributed by atoms with van der Waals surface area (Å²) < 4.78 is 5.14. The van der Waals surface area contributed by atoms with E-state index in [4.69, 9.17) is 4.74 Å². The number of amides is 2. The summed E-state index contributed by atoms with van der Waals surface area (Å²) in [5.41, 5.74) is 1.37. The molecule has 0 aliphatic carbocycles. The highest BCUT2D eigenvalue weighted by atomic mass is 16.5. The molecule has 0 aliphatic rings. The van der Waals surface area contributed by atoms with Crippen LogP contribution < -0.4 is 15.4 Å². The third-order valence-electron chi connectivity index (χ3n) is 3.12. The van der Waals surface area contributed by atoms with Crippen molar-refractivity contribution in [2.24, 2.45) is 5.92 Å². The number of fused-ring (bicyclic) bond motifs is 1. The van der Waals surface area contributed by atoms with Crippen molar-refractivity contribution in [1.29, 1.82) is 0 Å². The molecule has 116 valence electrons. The molecule has 0 aliphatic heterocycles. The number of nitrogens with one attached hydrogen (secondary N) is 2. The van der Waals surface area contributed by atoms with Gasteiger partial charge in [0, 0.05) is 17.4 Å². The summed E-state index contributed by atoms with van der Waals surface area (Å²) >= 11 is 0. The Kier molecular flexibility index (Phi) is 4.93. The zero-order valence-corrected chi connectivity index (χ0v) is 12.8. The van der Waals surface area contributed by atoms with Crippen molar-refractivity contribution in [3.05, 3.63) is 30.5 Å². The number of nitrogens with zero attached hydrogens (tertiary/aromatic N) is 1. The molecule has 1 aromatic carbocycles. The second-order valence-corrected chi connectivity index (χ2v) is 5.20. The highest BCUT2D eigenvalue weighted by molar-refractivity contribution is 5.96. The molecule has 2 N–H and O–H groups in total. The van der Waals surface area contributed by atoms with Crippen LogP contribution in [0.1, 0.15) is 13.8 Å². The third kappa shape index (κ3) is 3.94. The van der Waals surface area contributed by atoms with Gasteiger partial charge in [-0.25, -0.2) is 0 Å². The van der Waals surface area contributed by atoms with Gasteiger partial charge in [-0.15, -0.1) is 0 Å². The highest BCUT2D eigenvalue weighted by Crippen LogP contribution is 2.21. The molecule has 1 heterocycles. The summed E-state index contributed by atoms with van der Waals surface area (Å²) in [4.78, 5) is 27.5. The van der Waals surface area contributed by atoms with Gasteiger partial charge >= 0.3 is 0 Å². The second kappa shape index (κ2) is 6.89. The summed E-state index contributed by atoms with van der Waals surface area (Å²) in [5, 5.41) is 6.17. The van der Waals surface area contributed by atoms with Crippen molar-refractivity contribution in [2.75, 3.05) is 19.0 Å². The lowest BCUT2D eigenvalue weighted by atomic mass is 10.2. The minimum atomic E-state index is -0.288. The Morgan fingerprint density at radius 1 is 1.27 bits per heavy atom. The molecular weight excluding hydrogens is 282 g/mol. The molecule has 1 aromatic heterocycles. The second-order valence-electron chi connectivity index (χ2n) is 5.20. The molecule has 0 atom stereocenters. The Bertz CT molecular complexity index is 698. The van der Waals surface area contributed by atoms with E-state index >= 15 is 0 Å². The molecule has 0 fully saturated rings. The number of carbonyl (C=O) groups excluding carboxylic acids is 2. The summed E-state index contributed by atoms with van der Waals surface area (Å²) in [6, 6.07) is 7.35. The van der Waals surface area contributed by atoms with Gasteiger partial charge in [-0.2, -0.15) is 0 Å². The number of ether oxygens (including phenoxy) is 1. The predicted molar refractivity (Wildman–Crippen MR) is 84.8 cm³/mol. The molecular formula is C16H19N3O3. The molecule has 0 spiro atoms. The first-order valence-electron chi connectivity index (χ1n) is 7.01. The quantitative estimate of drug-likeness (QED) is 0.884. The van der Waals surface area contributed by atoms with Gasteiger partial charge in [0.05, 0.1) is 31.1 Å². The van der Waals surface area contributed by atoms with Crippen LogP contribution in [0.2, 0.25) is 0 Å². The molecule has 0 radical (unpaired) electrons. The first-order valence-corrected chi connectivity index (χ1v) is 7.01. The average Bonchev–Trinajstić information content (AvgIpc) is 2.51. The first kappa shape index (κ1) is 15.8. The summed E-state index contributed by atoms with van der Waals surface area (Å²) in [6.45, 7) is 3.49. The lowest BCUT2D eigenvalue weighted by Gasteiger charge is -2.09. The van der Waals surface area contributed by atoms with E-state index in [0.717, 1.165) is 16.7 Å². The van der Waals surface area contributed by atoms with Crippen LogP contribution in [0.3, 0.4) is 0 Å². The molecule has 0 saturated carbocycles. The fraction of sp³-hybridized carbons (Fsp3) is 0.312. The van der Waals surface area contributed by atoms with E-state index in [1.807, 2.05) is 24.3 Å². The van der Waals surface area contributed by atoms with Gasteiger partial charge in [-0.3, -0.25) is 14.6 Å². The number of pyridine rings is 1. The number of rotatable bonds is 5. The van der Waals surface area contributed by atoms with Crippen molar-refractivity contribution in [3.63, 3.8) is 0 Å².